The molecule has 6 heteroatoms. The smallest absolute Gasteiger partial charge is 0.249 e. The largest absolute Gasteiger partial charge is 0.455 e. The molecule has 0 bridgehead atoms. The van der Waals surface area contributed by atoms with Crippen LogP contribution in [0.25, 0.3) is 88.7 Å². The second kappa shape index (κ2) is 15.9. The second-order valence-corrected chi connectivity index (χ2v) is 25.9. The summed E-state index contributed by atoms with van der Waals surface area (Å²) in [6.07, 6.45) is 0. The summed E-state index contributed by atoms with van der Waals surface area (Å²) in [5, 5.41) is 4.84. The van der Waals surface area contributed by atoms with E-state index in [-0.39, 0.29) is 23.0 Å². The number of nitrogens with zero attached hydrogens (tertiary/aromatic N) is 3. The van der Waals surface area contributed by atoms with Crippen LogP contribution in [0.3, 0.4) is 0 Å². The Balaban J connectivity index is 1.09. The van der Waals surface area contributed by atoms with Gasteiger partial charge in [0.05, 0.1) is 27.8 Å². The number of benzene rings is 8. The molecule has 0 amide bonds. The quantitative estimate of drug-likeness (QED) is 0.161. The fraction of sp³-hybridized carbons (Fsp3) is 0.269. The summed E-state index contributed by atoms with van der Waals surface area (Å²) in [6.45, 7) is 30.4. The van der Waals surface area contributed by atoms with Crippen LogP contribution in [0.5, 0.6) is 0 Å². The van der Waals surface area contributed by atoms with Crippen molar-refractivity contribution < 1.29 is 4.42 Å². The first-order valence-electron chi connectivity index (χ1n) is 26.5. The minimum Gasteiger partial charge on any atom is -0.455 e. The zero-order valence-corrected chi connectivity index (χ0v) is 45.5. The lowest BCUT2D eigenvalue weighted by molar-refractivity contribution is 0.590. The fourth-order valence-electron chi connectivity index (χ4n) is 12.2. The molecule has 13 rings (SSSR count). The van der Waals surface area contributed by atoms with Crippen molar-refractivity contribution in [2.75, 3.05) is 0 Å². The van der Waals surface area contributed by atoms with Gasteiger partial charge in [0, 0.05) is 48.1 Å². The number of furan rings is 1. The molecule has 2 aliphatic heterocycles. The number of para-hydroxylation sites is 5. The van der Waals surface area contributed by atoms with Gasteiger partial charge in [-0.05, 0) is 127 Å². The van der Waals surface area contributed by atoms with Crippen molar-refractivity contribution in [1.29, 1.82) is 0 Å². The molecular formula is C67H64BN3OS. The molecule has 0 radical (unpaired) electrons. The van der Waals surface area contributed by atoms with Crippen molar-refractivity contribution in [3.63, 3.8) is 0 Å². The standard InChI is InChI=1S/C67H64BN3OS/c1-37(2)43-19-16-20-44(38(3)4)60(43)71-55-26-15-14-25-53(55)69-64(71)48-24-18-23-47-46-22-17-21-45(62(46)72-63(47)48)39-31-56-59-58(32-39)73-57-30-28-41(66(8,9)10)35-51(57)68(59)52-36-42(67(11,12)13)34-50-49-33-40(65(5,6)7)27-29-54(49)70(56)61(50)52/h14-38H,1-13H3. The predicted octanol–water partition coefficient (Wildman–Crippen LogP) is 16.8. The van der Waals surface area contributed by atoms with Gasteiger partial charge in [-0.1, -0.05) is 192 Å². The summed E-state index contributed by atoms with van der Waals surface area (Å²) in [4.78, 5) is 8.10. The third-order valence-electron chi connectivity index (χ3n) is 16.2. The molecule has 73 heavy (non-hydrogen) atoms. The number of imidazole rings is 1. The highest BCUT2D eigenvalue weighted by molar-refractivity contribution is 8.00. The summed E-state index contributed by atoms with van der Waals surface area (Å²) in [5.74, 6) is 1.52. The van der Waals surface area contributed by atoms with E-state index in [0.717, 1.165) is 55.5 Å². The van der Waals surface area contributed by atoms with Gasteiger partial charge in [0.1, 0.15) is 17.0 Å². The van der Waals surface area contributed by atoms with Gasteiger partial charge in [0.25, 0.3) is 0 Å². The van der Waals surface area contributed by atoms with Gasteiger partial charge >= 0.3 is 0 Å². The van der Waals surface area contributed by atoms with Crippen LogP contribution in [0.1, 0.15) is 130 Å². The van der Waals surface area contributed by atoms with Gasteiger partial charge in [-0.3, -0.25) is 4.57 Å². The van der Waals surface area contributed by atoms with Crippen LogP contribution in [-0.4, -0.2) is 20.8 Å². The lowest BCUT2D eigenvalue weighted by atomic mass is 9.35. The normalized spacial score (nSPS) is 13.7. The van der Waals surface area contributed by atoms with Crippen molar-refractivity contribution in [2.24, 2.45) is 0 Å². The van der Waals surface area contributed by atoms with Gasteiger partial charge in [-0.25, -0.2) is 4.98 Å². The molecule has 5 heterocycles. The van der Waals surface area contributed by atoms with Crippen LogP contribution in [0.4, 0.5) is 0 Å². The molecule has 0 fully saturated rings. The monoisotopic (exact) mass is 969 g/mol. The molecule has 0 saturated carbocycles. The number of aromatic nitrogens is 3. The van der Waals surface area contributed by atoms with E-state index < -0.39 is 0 Å². The van der Waals surface area contributed by atoms with Crippen molar-refractivity contribution in [1.82, 2.24) is 14.1 Å². The summed E-state index contributed by atoms with van der Waals surface area (Å²) in [7, 11) is 0. The van der Waals surface area contributed by atoms with E-state index in [1.807, 2.05) is 11.8 Å². The summed E-state index contributed by atoms with van der Waals surface area (Å²) in [6, 6.07) is 53.3. The maximum Gasteiger partial charge on any atom is 0.249 e. The van der Waals surface area contributed by atoms with E-state index in [4.69, 9.17) is 9.40 Å². The first kappa shape index (κ1) is 46.1. The number of fused-ring (bicyclic) bond motifs is 11. The Morgan fingerprint density at radius 2 is 1.11 bits per heavy atom. The SMILES string of the molecule is CC(C)c1cccc(C(C)C)c1-n1c(-c2cccc3c2oc2c(-c4cc5c6c(c4)-n4c7ccc(C(C)(C)C)cc7c7cc(C(C)(C)C)cc(c74)B6c4cc(C(C)(C)C)ccc4S5)cccc23)nc2ccccc21. The molecule has 0 aliphatic carbocycles. The van der Waals surface area contributed by atoms with Crippen molar-refractivity contribution in [3.05, 3.63) is 167 Å². The van der Waals surface area contributed by atoms with Crippen LogP contribution in [-0.2, 0) is 16.2 Å². The lowest BCUT2D eigenvalue weighted by Gasteiger charge is -2.35. The first-order valence-corrected chi connectivity index (χ1v) is 27.3. The molecule has 0 saturated heterocycles. The highest BCUT2D eigenvalue weighted by Gasteiger charge is 2.41. The number of hydrogen-bond donors (Lipinski definition) is 0. The molecule has 2 aliphatic rings. The predicted molar refractivity (Wildman–Crippen MR) is 313 cm³/mol. The Bertz CT molecular complexity index is 4110. The minimum absolute atomic E-state index is 0.00323. The Morgan fingerprint density at radius 3 is 1.79 bits per heavy atom. The zero-order chi connectivity index (χ0) is 50.8. The van der Waals surface area contributed by atoms with Gasteiger partial charge in [0.2, 0.25) is 6.71 Å². The Kier molecular flexibility index (Phi) is 10.0. The molecule has 0 unspecified atom stereocenters. The third-order valence-corrected chi connectivity index (χ3v) is 17.3. The maximum absolute atomic E-state index is 7.41. The van der Waals surface area contributed by atoms with E-state index in [2.05, 4.69) is 239 Å². The summed E-state index contributed by atoms with van der Waals surface area (Å²) >= 11 is 1.93. The third kappa shape index (κ3) is 6.92. The minimum atomic E-state index is -0.0411. The molecule has 0 N–H and O–H groups in total. The molecule has 0 spiro atoms. The van der Waals surface area contributed by atoms with E-state index >= 15 is 0 Å². The van der Waals surface area contributed by atoms with Gasteiger partial charge in [0.15, 0.2) is 0 Å². The molecule has 362 valence electrons. The van der Waals surface area contributed by atoms with Crippen LogP contribution in [0.15, 0.2) is 154 Å². The second-order valence-electron chi connectivity index (χ2n) is 24.8. The van der Waals surface area contributed by atoms with E-state index in [1.165, 1.54) is 87.2 Å². The highest BCUT2D eigenvalue weighted by Crippen LogP contribution is 2.47. The highest BCUT2D eigenvalue weighted by atomic mass is 32.2. The maximum atomic E-state index is 7.41. The average Bonchev–Trinajstić information content (AvgIpc) is 4.05. The number of rotatable bonds is 5. The Labute approximate surface area is 434 Å². The average molecular weight is 970 g/mol. The molecule has 8 aromatic carbocycles. The van der Waals surface area contributed by atoms with Crippen molar-refractivity contribution in [3.8, 4) is 33.9 Å². The molecule has 0 atom stereocenters. The van der Waals surface area contributed by atoms with E-state index in [0.29, 0.717) is 11.8 Å². The lowest BCUT2D eigenvalue weighted by Crippen LogP contribution is -2.59. The summed E-state index contributed by atoms with van der Waals surface area (Å²) < 4.78 is 12.5. The zero-order valence-electron chi connectivity index (χ0n) is 44.7. The Hall–Kier alpha value is -6.76. The van der Waals surface area contributed by atoms with Crippen LogP contribution in [0, 0.1) is 0 Å². The van der Waals surface area contributed by atoms with Gasteiger partial charge in [-0.15, -0.1) is 0 Å². The van der Waals surface area contributed by atoms with Gasteiger partial charge < -0.3 is 8.98 Å². The molecular weight excluding hydrogens is 906 g/mol. The topological polar surface area (TPSA) is 35.9 Å². The Morgan fingerprint density at radius 1 is 0.507 bits per heavy atom. The number of hydrogen-bond acceptors (Lipinski definition) is 3. The van der Waals surface area contributed by atoms with Gasteiger partial charge in [-0.2, -0.15) is 0 Å². The fourth-order valence-corrected chi connectivity index (χ4v) is 13.4. The first-order chi connectivity index (χ1) is 34.8. The molecule has 4 nitrogen and oxygen atoms in total. The summed E-state index contributed by atoms with van der Waals surface area (Å²) in [5.41, 5.74) is 22.9. The van der Waals surface area contributed by atoms with Crippen LogP contribution < -0.4 is 16.4 Å². The molecule has 3 aromatic heterocycles. The van der Waals surface area contributed by atoms with E-state index in [1.54, 1.807) is 0 Å². The van der Waals surface area contributed by atoms with Crippen LogP contribution >= 0.6 is 11.8 Å². The van der Waals surface area contributed by atoms with Crippen molar-refractivity contribution in [2.45, 2.75) is 128 Å². The van der Waals surface area contributed by atoms with Crippen LogP contribution in [0.2, 0.25) is 0 Å². The molecule has 11 aromatic rings. The van der Waals surface area contributed by atoms with Crippen molar-refractivity contribution >= 4 is 89.6 Å². The van der Waals surface area contributed by atoms with E-state index in [9.17, 15) is 0 Å².